The Bertz CT molecular complexity index is 564. The zero-order valence-electron chi connectivity index (χ0n) is 11.9. The predicted molar refractivity (Wildman–Crippen MR) is 86.2 cm³/mol. The molecule has 0 fully saturated rings. The van der Waals surface area contributed by atoms with Gasteiger partial charge in [0.25, 0.3) is 0 Å². The van der Waals surface area contributed by atoms with Gasteiger partial charge < -0.3 is 9.47 Å². The standard InChI is InChI=1S/C15H18BrNO2S/c1-4-18-13-7-5-6-12(8-16)15(13)19-9-14-17-10(2)11(3)20-14/h5-7H,4,8-9H2,1-3H3. The molecule has 0 atom stereocenters. The summed E-state index contributed by atoms with van der Waals surface area (Å²) in [4.78, 5) is 5.74. The molecule has 3 nitrogen and oxygen atoms in total. The molecule has 0 unspecified atom stereocenters. The molecular formula is C15H18BrNO2S. The van der Waals surface area contributed by atoms with Gasteiger partial charge in [-0.15, -0.1) is 11.3 Å². The van der Waals surface area contributed by atoms with E-state index in [1.165, 1.54) is 4.88 Å². The Morgan fingerprint density at radius 3 is 2.65 bits per heavy atom. The highest BCUT2D eigenvalue weighted by Crippen LogP contribution is 2.33. The van der Waals surface area contributed by atoms with E-state index in [9.17, 15) is 0 Å². The van der Waals surface area contributed by atoms with Gasteiger partial charge in [0.1, 0.15) is 11.6 Å². The van der Waals surface area contributed by atoms with Crippen LogP contribution in [0.1, 0.15) is 28.1 Å². The molecule has 0 aliphatic heterocycles. The molecule has 0 spiro atoms. The third-order valence-electron chi connectivity index (χ3n) is 2.92. The van der Waals surface area contributed by atoms with Gasteiger partial charge >= 0.3 is 0 Å². The molecule has 1 heterocycles. The number of benzene rings is 1. The summed E-state index contributed by atoms with van der Waals surface area (Å²) in [5.41, 5.74) is 2.16. The van der Waals surface area contributed by atoms with Gasteiger partial charge in [-0.3, -0.25) is 0 Å². The molecule has 5 heteroatoms. The van der Waals surface area contributed by atoms with E-state index >= 15 is 0 Å². The van der Waals surface area contributed by atoms with E-state index in [1.54, 1.807) is 11.3 Å². The van der Waals surface area contributed by atoms with Gasteiger partial charge in [0.15, 0.2) is 11.5 Å². The minimum absolute atomic E-state index is 0.476. The molecule has 0 aliphatic carbocycles. The van der Waals surface area contributed by atoms with Crippen LogP contribution in [0.3, 0.4) is 0 Å². The van der Waals surface area contributed by atoms with Crippen LogP contribution in [0.2, 0.25) is 0 Å². The van der Waals surface area contributed by atoms with Crippen LogP contribution in [0.15, 0.2) is 18.2 Å². The fraction of sp³-hybridized carbons (Fsp3) is 0.400. The highest BCUT2D eigenvalue weighted by molar-refractivity contribution is 9.08. The van der Waals surface area contributed by atoms with Crippen molar-refractivity contribution in [2.45, 2.75) is 32.7 Å². The van der Waals surface area contributed by atoms with E-state index in [-0.39, 0.29) is 0 Å². The summed E-state index contributed by atoms with van der Waals surface area (Å²) in [7, 11) is 0. The third kappa shape index (κ3) is 3.52. The van der Waals surface area contributed by atoms with E-state index in [4.69, 9.17) is 9.47 Å². The van der Waals surface area contributed by atoms with E-state index in [1.807, 2.05) is 32.0 Å². The first-order valence-electron chi connectivity index (χ1n) is 6.52. The Labute approximate surface area is 132 Å². The first-order valence-corrected chi connectivity index (χ1v) is 8.45. The number of para-hydroxylation sites is 1. The summed E-state index contributed by atoms with van der Waals surface area (Å²) in [5.74, 6) is 1.59. The van der Waals surface area contributed by atoms with Crippen LogP contribution in [-0.4, -0.2) is 11.6 Å². The average Bonchev–Trinajstić information content (AvgIpc) is 2.76. The largest absolute Gasteiger partial charge is 0.490 e. The Kier molecular flexibility index (Phi) is 5.43. The molecule has 0 radical (unpaired) electrons. The van der Waals surface area contributed by atoms with Crippen molar-refractivity contribution >= 4 is 27.3 Å². The highest BCUT2D eigenvalue weighted by Gasteiger charge is 2.12. The number of aryl methyl sites for hydroxylation is 2. The average molecular weight is 356 g/mol. The molecule has 2 rings (SSSR count). The van der Waals surface area contributed by atoms with E-state index in [0.717, 1.165) is 33.1 Å². The molecule has 0 aliphatic rings. The van der Waals surface area contributed by atoms with Gasteiger partial charge in [-0.2, -0.15) is 0 Å². The number of halogens is 1. The quantitative estimate of drug-likeness (QED) is 0.707. The summed E-state index contributed by atoms with van der Waals surface area (Å²) >= 11 is 5.16. The first kappa shape index (κ1) is 15.3. The molecule has 20 heavy (non-hydrogen) atoms. The van der Waals surface area contributed by atoms with E-state index in [2.05, 4.69) is 27.8 Å². The van der Waals surface area contributed by atoms with Gasteiger partial charge in [-0.1, -0.05) is 28.1 Å². The van der Waals surface area contributed by atoms with E-state index in [0.29, 0.717) is 13.2 Å². The number of hydrogen-bond acceptors (Lipinski definition) is 4. The maximum Gasteiger partial charge on any atom is 0.165 e. The second-order valence-electron chi connectivity index (χ2n) is 4.35. The first-order chi connectivity index (χ1) is 9.65. The van der Waals surface area contributed by atoms with E-state index < -0.39 is 0 Å². The van der Waals surface area contributed by atoms with Crippen LogP contribution < -0.4 is 9.47 Å². The number of nitrogens with zero attached hydrogens (tertiary/aromatic N) is 1. The second-order valence-corrected chi connectivity index (χ2v) is 6.20. The molecular weight excluding hydrogens is 338 g/mol. The van der Waals surface area contributed by atoms with Crippen LogP contribution >= 0.6 is 27.3 Å². The maximum atomic E-state index is 5.96. The van der Waals surface area contributed by atoms with Gasteiger partial charge in [-0.05, 0) is 26.8 Å². The summed E-state index contributed by atoms with van der Waals surface area (Å²) in [6, 6.07) is 5.94. The van der Waals surface area contributed by atoms with Crippen molar-refractivity contribution in [3.8, 4) is 11.5 Å². The number of rotatable bonds is 6. The van der Waals surface area contributed by atoms with Gasteiger partial charge in [-0.25, -0.2) is 4.98 Å². The zero-order valence-corrected chi connectivity index (χ0v) is 14.3. The molecule has 0 amide bonds. The second kappa shape index (κ2) is 7.09. The Balaban J connectivity index is 2.18. The summed E-state index contributed by atoms with van der Waals surface area (Å²) in [5, 5.41) is 1.73. The SMILES string of the molecule is CCOc1cccc(CBr)c1OCc1nc(C)c(C)s1. The molecule has 0 saturated heterocycles. The topological polar surface area (TPSA) is 31.4 Å². The lowest BCUT2D eigenvalue weighted by Crippen LogP contribution is -2.01. The lowest BCUT2D eigenvalue weighted by Gasteiger charge is -2.14. The van der Waals surface area contributed by atoms with Crippen LogP contribution in [0.25, 0.3) is 0 Å². The number of hydrogen-bond donors (Lipinski definition) is 0. The number of ether oxygens (including phenoxy) is 2. The lowest BCUT2D eigenvalue weighted by molar-refractivity contribution is 0.267. The molecule has 2 aromatic rings. The minimum Gasteiger partial charge on any atom is -0.490 e. The number of aromatic nitrogens is 1. The molecule has 108 valence electrons. The predicted octanol–water partition coefficient (Wildman–Crippen LogP) is 4.63. The normalized spacial score (nSPS) is 10.6. The summed E-state index contributed by atoms with van der Waals surface area (Å²) < 4.78 is 11.6. The third-order valence-corrected chi connectivity index (χ3v) is 4.57. The monoisotopic (exact) mass is 355 g/mol. The van der Waals surface area contributed by atoms with Gasteiger partial charge in [0.2, 0.25) is 0 Å². The van der Waals surface area contributed by atoms with Crippen molar-refractivity contribution in [1.29, 1.82) is 0 Å². The molecule has 0 saturated carbocycles. The Morgan fingerprint density at radius 1 is 1.25 bits per heavy atom. The van der Waals surface area contributed by atoms with Crippen LogP contribution in [0.4, 0.5) is 0 Å². The number of alkyl halides is 1. The fourth-order valence-electron chi connectivity index (χ4n) is 1.83. The van der Waals surface area contributed by atoms with Crippen molar-refractivity contribution in [1.82, 2.24) is 4.98 Å². The highest BCUT2D eigenvalue weighted by atomic mass is 79.9. The van der Waals surface area contributed by atoms with Crippen molar-refractivity contribution in [3.63, 3.8) is 0 Å². The van der Waals surface area contributed by atoms with Crippen LogP contribution in [-0.2, 0) is 11.9 Å². The van der Waals surface area contributed by atoms with Gasteiger partial charge in [0, 0.05) is 15.8 Å². The Morgan fingerprint density at radius 2 is 2.05 bits per heavy atom. The fourth-order valence-corrected chi connectivity index (χ4v) is 3.12. The molecule has 1 aromatic carbocycles. The summed E-state index contributed by atoms with van der Waals surface area (Å²) in [6.45, 7) is 7.17. The maximum absolute atomic E-state index is 5.96. The lowest BCUT2D eigenvalue weighted by atomic mass is 10.2. The molecule has 0 N–H and O–H groups in total. The van der Waals surface area contributed by atoms with Crippen molar-refractivity contribution < 1.29 is 9.47 Å². The van der Waals surface area contributed by atoms with Gasteiger partial charge in [0.05, 0.1) is 12.3 Å². The smallest absolute Gasteiger partial charge is 0.165 e. The van der Waals surface area contributed by atoms with Crippen LogP contribution in [0, 0.1) is 13.8 Å². The minimum atomic E-state index is 0.476. The van der Waals surface area contributed by atoms with Crippen LogP contribution in [0.5, 0.6) is 11.5 Å². The number of thiazole rings is 1. The summed E-state index contributed by atoms with van der Waals surface area (Å²) in [6.07, 6.45) is 0. The molecule has 0 bridgehead atoms. The Hall–Kier alpha value is -1.07. The van der Waals surface area contributed by atoms with Crippen molar-refractivity contribution in [2.75, 3.05) is 6.61 Å². The van der Waals surface area contributed by atoms with Crippen molar-refractivity contribution in [3.05, 3.63) is 39.3 Å². The molecule has 1 aromatic heterocycles. The van der Waals surface area contributed by atoms with Crippen molar-refractivity contribution in [2.24, 2.45) is 0 Å². The zero-order chi connectivity index (χ0) is 14.5.